The quantitative estimate of drug-likeness (QED) is 0.816. The highest BCUT2D eigenvalue weighted by molar-refractivity contribution is 6.33. The molecule has 1 unspecified atom stereocenters. The summed E-state index contributed by atoms with van der Waals surface area (Å²) in [6, 6.07) is 13.8. The highest BCUT2D eigenvalue weighted by Gasteiger charge is 2.15. The van der Waals surface area contributed by atoms with Crippen molar-refractivity contribution in [2.75, 3.05) is 13.7 Å². The van der Waals surface area contributed by atoms with Crippen LogP contribution in [0.4, 0.5) is 0 Å². The fourth-order valence-electron chi connectivity index (χ4n) is 2.32. The van der Waals surface area contributed by atoms with Gasteiger partial charge in [-0.05, 0) is 54.4 Å². The van der Waals surface area contributed by atoms with E-state index in [0.717, 1.165) is 29.3 Å². The van der Waals surface area contributed by atoms with Crippen molar-refractivity contribution in [1.82, 2.24) is 5.32 Å². The number of methoxy groups -OCH3 is 1. The molecule has 0 aliphatic carbocycles. The molecule has 0 spiro atoms. The Morgan fingerprint density at radius 1 is 1.10 bits per heavy atom. The van der Waals surface area contributed by atoms with E-state index in [1.54, 1.807) is 7.11 Å². The van der Waals surface area contributed by atoms with Crippen LogP contribution in [0.1, 0.15) is 24.1 Å². The Balaban J connectivity index is 2.23. The molecule has 2 rings (SSSR count). The first-order valence-corrected chi connectivity index (χ1v) is 7.71. The second-order valence-electron chi connectivity index (χ2n) is 4.83. The van der Waals surface area contributed by atoms with Gasteiger partial charge >= 0.3 is 0 Å². The van der Waals surface area contributed by atoms with Gasteiger partial charge in [0, 0.05) is 16.1 Å². The molecule has 0 bridgehead atoms. The maximum Gasteiger partial charge on any atom is 0.118 e. The first kappa shape index (κ1) is 16.2. The van der Waals surface area contributed by atoms with Crippen LogP contribution in [0, 0.1) is 0 Å². The van der Waals surface area contributed by atoms with Crippen LogP contribution < -0.4 is 10.1 Å². The van der Waals surface area contributed by atoms with Crippen molar-refractivity contribution >= 4 is 23.2 Å². The first-order valence-electron chi connectivity index (χ1n) is 6.95. The number of ether oxygens (including phenoxy) is 1. The van der Waals surface area contributed by atoms with Gasteiger partial charge in [0.25, 0.3) is 0 Å². The van der Waals surface area contributed by atoms with E-state index in [2.05, 4.69) is 24.4 Å². The molecular formula is C17H19Cl2NO. The van der Waals surface area contributed by atoms with E-state index in [0.29, 0.717) is 5.02 Å². The lowest BCUT2D eigenvalue weighted by atomic mass is 9.98. The lowest BCUT2D eigenvalue weighted by molar-refractivity contribution is 0.414. The Labute approximate surface area is 136 Å². The summed E-state index contributed by atoms with van der Waals surface area (Å²) < 4.78 is 5.19. The zero-order valence-electron chi connectivity index (χ0n) is 12.2. The summed E-state index contributed by atoms with van der Waals surface area (Å²) in [4.78, 5) is 0. The number of nitrogens with one attached hydrogen (secondary N) is 1. The molecule has 0 fully saturated rings. The molecule has 2 aromatic rings. The fraction of sp³-hybridized carbons (Fsp3) is 0.294. The third-order valence-corrected chi connectivity index (χ3v) is 3.96. The van der Waals surface area contributed by atoms with Crippen LogP contribution in [0.3, 0.4) is 0 Å². The van der Waals surface area contributed by atoms with Crippen molar-refractivity contribution in [3.8, 4) is 5.75 Å². The zero-order valence-corrected chi connectivity index (χ0v) is 13.7. The van der Waals surface area contributed by atoms with E-state index in [1.165, 1.54) is 5.56 Å². The molecule has 0 heterocycles. The zero-order chi connectivity index (χ0) is 15.2. The van der Waals surface area contributed by atoms with Gasteiger partial charge in [0.05, 0.1) is 7.11 Å². The highest BCUT2D eigenvalue weighted by Crippen LogP contribution is 2.29. The third kappa shape index (κ3) is 4.37. The molecule has 1 N–H and O–H groups in total. The van der Waals surface area contributed by atoms with Gasteiger partial charge in [-0.1, -0.05) is 42.3 Å². The number of rotatable bonds is 6. The minimum absolute atomic E-state index is 0.134. The van der Waals surface area contributed by atoms with Gasteiger partial charge in [0.2, 0.25) is 0 Å². The molecular weight excluding hydrogens is 305 g/mol. The van der Waals surface area contributed by atoms with Crippen LogP contribution >= 0.6 is 23.2 Å². The topological polar surface area (TPSA) is 21.3 Å². The number of hydrogen-bond acceptors (Lipinski definition) is 2. The third-order valence-electron chi connectivity index (χ3n) is 3.38. The minimum atomic E-state index is 0.134. The first-order chi connectivity index (χ1) is 10.1. The summed E-state index contributed by atoms with van der Waals surface area (Å²) in [5.41, 5.74) is 2.25. The van der Waals surface area contributed by atoms with E-state index in [1.807, 2.05) is 30.3 Å². The smallest absolute Gasteiger partial charge is 0.118 e. The summed E-state index contributed by atoms with van der Waals surface area (Å²) >= 11 is 12.4. The van der Waals surface area contributed by atoms with E-state index >= 15 is 0 Å². The molecule has 21 heavy (non-hydrogen) atoms. The molecule has 0 aliphatic rings. The molecule has 0 radical (unpaired) electrons. The Morgan fingerprint density at radius 2 is 1.81 bits per heavy atom. The highest BCUT2D eigenvalue weighted by atomic mass is 35.5. The molecule has 0 saturated carbocycles. The van der Waals surface area contributed by atoms with Crippen molar-refractivity contribution in [3.05, 3.63) is 63.6 Å². The molecule has 0 aromatic heterocycles. The molecule has 0 saturated heterocycles. The predicted octanol–water partition coefficient (Wildman–Crippen LogP) is 4.90. The number of benzene rings is 2. The molecule has 2 nitrogen and oxygen atoms in total. The lowest BCUT2D eigenvalue weighted by Crippen LogP contribution is -2.23. The SMILES string of the molecule is CCNC(Cc1ccc(OC)cc1)c1cc(Cl)ccc1Cl. The Kier molecular flexibility index (Phi) is 5.92. The van der Waals surface area contributed by atoms with E-state index in [4.69, 9.17) is 27.9 Å². The van der Waals surface area contributed by atoms with Crippen molar-refractivity contribution in [2.45, 2.75) is 19.4 Å². The van der Waals surface area contributed by atoms with E-state index in [-0.39, 0.29) is 6.04 Å². The van der Waals surface area contributed by atoms with E-state index in [9.17, 15) is 0 Å². The van der Waals surface area contributed by atoms with Gasteiger partial charge < -0.3 is 10.1 Å². The van der Waals surface area contributed by atoms with Crippen LogP contribution in [0.5, 0.6) is 5.75 Å². The molecule has 2 aromatic carbocycles. The van der Waals surface area contributed by atoms with Crippen LogP contribution in [0.2, 0.25) is 10.0 Å². The van der Waals surface area contributed by atoms with Crippen LogP contribution in [0.25, 0.3) is 0 Å². The average molecular weight is 324 g/mol. The molecule has 112 valence electrons. The summed E-state index contributed by atoms with van der Waals surface area (Å²) in [5, 5.41) is 4.91. The van der Waals surface area contributed by atoms with Crippen LogP contribution in [0.15, 0.2) is 42.5 Å². The molecule has 1 atom stereocenters. The number of hydrogen-bond donors (Lipinski definition) is 1. The normalized spacial score (nSPS) is 12.2. The molecule has 0 amide bonds. The van der Waals surface area contributed by atoms with Gasteiger partial charge in [-0.3, -0.25) is 0 Å². The second-order valence-corrected chi connectivity index (χ2v) is 5.67. The van der Waals surface area contributed by atoms with Gasteiger partial charge in [-0.2, -0.15) is 0 Å². The Morgan fingerprint density at radius 3 is 2.43 bits per heavy atom. The molecule has 4 heteroatoms. The second kappa shape index (κ2) is 7.69. The van der Waals surface area contributed by atoms with Gasteiger partial charge in [0.15, 0.2) is 0 Å². The number of likely N-dealkylation sites (N-methyl/N-ethyl adjacent to an activating group) is 1. The number of halogens is 2. The van der Waals surface area contributed by atoms with Crippen molar-refractivity contribution in [3.63, 3.8) is 0 Å². The monoisotopic (exact) mass is 323 g/mol. The summed E-state index contributed by atoms with van der Waals surface area (Å²) in [6.45, 7) is 2.95. The van der Waals surface area contributed by atoms with Crippen molar-refractivity contribution in [1.29, 1.82) is 0 Å². The van der Waals surface area contributed by atoms with Crippen LogP contribution in [-0.2, 0) is 6.42 Å². The summed E-state index contributed by atoms with van der Waals surface area (Å²) in [6.07, 6.45) is 0.845. The molecule has 0 aliphatic heterocycles. The minimum Gasteiger partial charge on any atom is -0.497 e. The lowest BCUT2D eigenvalue weighted by Gasteiger charge is -2.20. The average Bonchev–Trinajstić information content (AvgIpc) is 2.50. The van der Waals surface area contributed by atoms with Gasteiger partial charge in [-0.25, -0.2) is 0 Å². The van der Waals surface area contributed by atoms with E-state index < -0.39 is 0 Å². The fourth-order valence-corrected chi connectivity index (χ4v) is 2.75. The van der Waals surface area contributed by atoms with Crippen molar-refractivity contribution in [2.24, 2.45) is 0 Å². The summed E-state index contributed by atoms with van der Waals surface area (Å²) in [7, 11) is 1.67. The van der Waals surface area contributed by atoms with Crippen molar-refractivity contribution < 1.29 is 4.74 Å². The van der Waals surface area contributed by atoms with Gasteiger partial charge in [-0.15, -0.1) is 0 Å². The summed E-state index contributed by atoms with van der Waals surface area (Å²) in [5.74, 6) is 0.861. The maximum atomic E-state index is 6.32. The van der Waals surface area contributed by atoms with Gasteiger partial charge in [0.1, 0.15) is 5.75 Å². The van der Waals surface area contributed by atoms with Crippen LogP contribution in [-0.4, -0.2) is 13.7 Å². The largest absolute Gasteiger partial charge is 0.497 e. The Bertz CT molecular complexity index is 584. The Hall–Kier alpha value is -1.22. The maximum absolute atomic E-state index is 6.32. The predicted molar refractivity (Wildman–Crippen MR) is 89.6 cm³/mol. The standard InChI is InChI=1S/C17H19Cl2NO/c1-3-20-17(15-11-13(18)6-9-16(15)19)10-12-4-7-14(21-2)8-5-12/h4-9,11,17,20H,3,10H2,1-2H3.